The molecule has 1 fully saturated rings. The Hall–Kier alpha value is -2.63. The first-order valence-corrected chi connectivity index (χ1v) is 12.7. The van der Waals surface area contributed by atoms with Gasteiger partial charge in [-0.05, 0) is 35.6 Å². The minimum Gasteiger partial charge on any atom is -0.493 e. The summed E-state index contributed by atoms with van der Waals surface area (Å²) in [6.07, 6.45) is 9.34. The molecule has 1 saturated carbocycles. The summed E-state index contributed by atoms with van der Waals surface area (Å²) in [5.74, 6) is 2.43. The van der Waals surface area contributed by atoms with Crippen molar-refractivity contribution in [3.8, 4) is 5.75 Å². The van der Waals surface area contributed by atoms with Gasteiger partial charge in [0, 0.05) is 18.8 Å². The van der Waals surface area contributed by atoms with E-state index in [-0.39, 0.29) is 5.92 Å². The molecule has 2 heterocycles. The van der Waals surface area contributed by atoms with Crippen molar-refractivity contribution in [1.82, 2.24) is 4.98 Å². The Morgan fingerprint density at radius 2 is 1.85 bits per heavy atom. The molecule has 5 nitrogen and oxygen atoms in total. The van der Waals surface area contributed by atoms with Gasteiger partial charge in [-0.15, -0.1) is 0 Å². The topological polar surface area (TPSA) is 55.5 Å². The highest BCUT2D eigenvalue weighted by Crippen LogP contribution is 2.43. The van der Waals surface area contributed by atoms with Gasteiger partial charge in [-0.3, -0.25) is 0 Å². The summed E-state index contributed by atoms with van der Waals surface area (Å²) in [5, 5.41) is 12.0. The van der Waals surface area contributed by atoms with Crippen molar-refractivity contribution >= 4 is 0 Å². The highest BCUT2D eigenvalue weighted by molar-refractivity contribution is 5.39. The summed E-state index contributed by atoms with van der Waals surface area (Å²) in [7, 11) is 4.45. The van der Waals surface area contributed by atoms with Crippen LogP contribution in [0.2, 0.25) is 0 Å². The van der Waals surface area contributed by atoms with Crippen LogP contribution in [-0.2, 0) is 25.0 Å². The van der Waals surface area contributed by atoms with Crippen LogP contribution in [0.1, 0.15) is 60.4 Å². The highest BCUT2D eigenvalue weighted by Gasteiger charge is 2.44. The Bertz CT molecular complexity index is 1100. The van der Waals surface area contributed by atoms with Gasteiger partial charge in [-0.1, -0.05) is 61.7 Å². The lowest BCUT2D eigenvalue weighted by molar-refractivity contribution is -0.904. The summed E-state index contributed by atoms with van der Waals surface area (Å²) in [6.45, 7) is 2.52. The van der Waals surface area contributed by atoms with Gasteiger partial charge in [0.05, 0.1) is 33.4 Å². The lowest BCUT2D eigenvalue weighted by atomic mass is 9.73. The van der Waals surface area contributed by atoms with Crippen LogP contribution >= 0.6 is 0 Å². The first-order chi connectivity index (χ1) is 16.4. The Labute approximate surface area is 203 Å². The third-order valence-corrected chi connectivity index (χ3v) is 7.63. The summed E-state index contributed by atoms with van der Waals surface area (Å²) in [5.41, 5.74) is 2.38. The number of nitrogens with zero attached hydrogens (tertiary/aromatic N) is 2. The van der Waals surface area contributed by atoms with E-state index in [0.29, 0.717) is 5.89 Å². The van der Waals surface area contributed by atoms with Crippen molar-refractivity contribution in [3.05, 3.63) is 83.1 Å². The van der Waals surface area contributed by atoms with E-state index in [9.17, 15) is 5.11 Å². The van der Waals surface area contributed by atoms with Gasteiger partial charge >= 0.3 is 0 Å². The van der Waals surface area contributed by atoms with Crippen LogP contribution < -0.4 is 4.74 Å². The number of benzene rings is 2. The van der Waals surface area contributed by atoms with Gasteiger partial charge in [0.15, 0.2) is 11.4 Å². The van der Waals surface area contributed by atoms with E-state index in [2.05, 4.69) is 37.3 Å². The Morgan fingerprint density at radius 1 is 1.06 bits per heavy atom. The van der Waals surface area contributed by atoms with Gasteiger partial charge < -0.3 is 18.7 Å². The Morgan fingerprint density at radius 3 is 2.65 bits per heavy atom. The molecule has 1 atom stereocenters. The van der Waals surface area contributed by atoms with Crippen molar-refractivity contribution in [3.63, 3.8) is 0 Å². The van der Waals surface area contributed by atoms with Crippen LogP contribution in [0.5, 0.6) is 5.75 Å². The number of aromatic nitrogens is 1. The summed E-state index contributed by atoms with van der Waals surface area (Å²) < 4.78 is 12.7. The molecule has 0 saturated heterocycles. The average Bonchev–Trinajstić information content (AvgIpc) is 3.52. The normalized spacial score (nSPS) is 18.3. The van der Waals surface area contributed by atoms with E-state index in [0.717, 1.165) is 79.8 Å². The first kappa shape index (κ1) is 23.1. The highest BCUT2D eigenvalue weighted by atomic mass is 16.5. The third kappa shape index (κ3) is 4.77. The maximum absolute atomic E-state index is 12.0. The van der Waals surface area contributed by atoms with Crippen molar-refractivity contribution in [2.75, 3.05) is 27.2 Å². The predicted octanol–water partition coefficient (Wildman–Crippen LogP) is 5.24. The van der Waals surface area contributed by atoms with Crippen LogP contribution in [0.15, 0.2) is 59.1 Å². The number of fused-ring (bicyclic) bond motifs is 1. The van der Waals surface area contributed by atoms with Crippen LogP contribution in [0.4, 0.5) is 0 Å². The number of hydrogen-bond donors (Lipinski definition) is 1. The van der Waals surface area contributed by atoms with E-state index < -0.39 is 5.60 Å². The molecule has 2 aliphatic rings. The summed E-state index contributed by atoms with van der Waals surface area (Å²) in [6, 6.07) is 16.5. The number of hydrogen-bond acceptors (Lipinski definition) is 4. The molecule has 5 heteroatoms. The number of rotatable bonds is 8. The van der Waals surface area contributed by atoms with Crippen LogP contribution in [0, 0.1) is 5.92 Å². The van der Waals surface area contributed by atoms with Crippen molar-refractivity contribution in [2.45, 2.75) is 57.1 Å². The number of aliphatic hydroxyl groups is 1. The van der Waals surface area contributed by atoms with Crippen LogP contribution in [0.3, 0.4) is 0 Å². The van der Waals surface area contributed by atoms with Gasteiger partial charge in [-0.2, -0.15) is 0 Å². The molecule has 3 aromatic rings. The van der Waals surface area contributed by atoms with E-state index >= 15 is 0 Å². The number of quaternary nitrogens is 1. The minimum absolute atomic E-state index is 0.126. The molecule has 0 radical (unpaired) electrons. The van der Waals surface area contributed by atoms with Crippen LogP contribution in [-0.4, -0.2) is 41.8 Å². The van der Waals surface area contributed by atoms with E-state index in [1.165, 1.54) is 17.5 Å². The number of ether oxygens (including phenoxy) is 1. The Kier molecular flexibility index (Phi) is 6.50. The third-order valence-electron chi connectivity index (χ3n) is 7.63. The zero-order valence-electron chi connectivity index (χ0n) is 20.5. The maximum Gasteiger partial charge on any atom is 0.231 e. The van der Waals surface area contributed by atoms with Crippen molar-refractivity contribution < 1.29 is 18.7 Å². The lowest BCUT2D eigenvalue weighted by Crippen LogP contribution is -2.40. The molecule has 1 aliphatic heterocycles. The van der Waals surface area contributed by atoms with E-state index in [4.69, 9.17) is 9.15 Å². The zero-order chi connectivity index (χ0) is 23.6. The molecule has 1 unspecified atom stereocenters. The second-order valence-electron chi connectivity index (χ2n) is 10.7. The second kappa shape index (κ2) is 9.55. The smallest absolute Gasteiger partial charge is 0.231 e. The molecule has 2 aromatic carbocycles. The molecule has 1 aliphatic carbocycles. The molecule has 180 valence electrons. The first-order valence-electron chi connectivity index (χ1n) is 12.7. The van der Waals surface area contributed by atoms with E-state index in [1.807, 2.05) is 36.5 Å². The largest absolute Gasteiger partial charge is 0.493 e. The molecule has 34 heavy (non-hydrogen) atoms. The fourth-order valence-electron chi connectivity index (χ4n) is 5.63. The number of oxazole rings is 1. The van der Waals surface area contributed by atoms with Crippen LogP contribution in [0.25, 0.3) is 0 Å². The molecule has 0 bridgehead atoms. The zero-order valence-corrected chi connectivity index (χ0v) is 20.5. The Balaban J connectivity index is 1.31. The lowest BCUT2D eigenvalue weighted by Gasteiger charge is -2.36. The molecular formula is C29H37N2O3+. The van der Waals surface area contributed by atoms with Crippen molar-refractivity contribution in [2.24, 2.45) is 5.92 Å². The monoisotopic (exact) mass is 461 g/mol. The summed E-state index contributed by atoms with van der Waals surface area (Å²) in [4.78, 5) is 4.64. The molecule has 5 rings (SSSR count). The van der Waals surface area contributed by atoms with Gasteiger partial charge in [0.2, 0.25) is 5.89 Å². The van der Waals surface area contributed by atoms with Gasteiger partial charge in [-0.25, -0.2) is 4.98 Å². The maximum atomic E-state index is 12.0. The molecule has 1 N–H and O–H groups in total. The average molecular weight is 462 g/mol. The fraction of sp³-hybridized carbons (Fsp3) is 0.483. The number of likely N-dealkylation sites (N-methyl/N-ethyl adjacent to an activating group) is 1. The quantitative estimate of drug-likeness (QED) is 0.466. The SMILES string of the molecule is C[N+](C)(CCc1ccc2c(c1)CCO2)Cc1cnc(C(O)(c2ccccc2)C2CCCCC2)o1. The standard InChI is InChI=1S/C29H37N2O3/c1-31(2,17-15-22-13-14-27-23(19-22)16-18-33-27)21-26-20-30-28(34-26)29(32,24-9-5-3-6-10-24)25-11-7-4-8-12-25/h3,5-6,9-10,13-14,19-20,25,32H,4,7-8,11-12,15-18,21H2,1-2H3/q+1. The second-order valence-corrected chi connectivity index (χ2v) is 10.7. The molecule has 1 aromatic heterocycles. The molecular weight excluding hydrogens is 424 g/mol. The predicted molar refractivity (Wildman–Crippen MR) is 133 cm³/mol. The summed E-state index contributed by atoms with van der Waals surface area (Å²) >= 11 is 0. The fourth-order valence-corrected chi connectivity index (χ4v) is 5.63. The molecule has 0 spiro atoms. The minimum atomic E-state index is -1.18. The van der Waals surface area contributed by atoms with Crippen molar-refractivity contribution in [1.29, 1.82) is 0 Å². The van der Waals surface area contributed by atoms with Gasteiger partial charge in [0.1, 0.15) is 12.3 Å². The van der Waals surface area contributed by atoms with E-state index in [1.54, 1.807) is 0 Å². The van der Waals surface area contributed by atoms with Gasteiger partial charge in [0.25, 0.3) is 0 Å². The molecule has 0 amide bonds.